The molecule has 1 aromatic carbocycles. The van der Waals surface area contributed by atoms with E-state index in [0.29, 0.717) is 5.69 Å². The Morgan fingerprint density at radius 2 is 1.79 bits per heavy atom. The van der Waals surface area contributed by atoms with Gasteiger partial charge in [-0.05, 0) is 31.0 Å². The van der Waals surface area contributed by atoms with Gasteiger partial charge in [-0.2, -0.15) is 0 Å². The van der Waals surface area contributed by atoms with Gasteiger partial charge in [0.25, 0.3) is 11.4 Å². The molecule has 2 heterocycles. The zero-order valence-corrected chi connectivity index (χ0v) is 12.7. The first kappa shape index (κ1) is 15.7. The van der Waals surface area contributed by atoms with Crippen molar-refractivity contribution in [2.45, 2.75) is 12.8 Å². The van der Waals surface area contributed by atoms with Gasteiger partial charge in [-0.15, -0.1) is 0 Å². The summed E-state index contributed by atoms with van der Waals surface area (Å²) in [6.45, 7) is 1.96. The van der Waals surface area contributed by atoms with Crippen molar-refractivity contribution in [2.24, 2.45) is 0 Å². The lowest BCUT2D eigenvalue weighted by Crippen LogP contribution is -2.18. The lowest BCUT2D eigenvalue weighted by molar-refractivity contribution is -0.393. The van der Waals surface area contributed by atoms with Gasteiger partial charge < -0.3 is 10.2 Å². The average Bonchev–Trinajstić information content (AvgIpc) is 3.10. The number of aromatic nitrogens is 1. The molecule has 1 aromatic heterocycles. The summed E-state index contributed by atoms with van der Waals surface area (Å²) in [5.74, 6) is 0.872. The molecule has 0 radical (unpaired) electrons. The Morgan fingerprint density at radius 3 is 2.38 bits per heavy atom. The Labute approximate surface area is 137 Å². The number of nitrogens with one attached hydrogen (secondary N) is 1. The summed E-state index contributed by atoms with van der Waals surface area (Å²) in [7, 11) is 0. The van der Waals surface area contributed by atoms with Crippen LogP contribution < -0.4 is 10.2 Å². The zero-order valence-electron chi connectivity index (χ0n) is 12.7. The number of benzene rings is 1. The lowest BCUT2D eigenvalue weighted by Gasteiger charge is -2.16. The van der Waals surface area contributed by atoms with Gasteiger partial charge in [0.15, 0.2) is 0 Å². The minimum atomic E-state index is -0.664. The van der Waals surface area contributed by atoms with E-state index in [2.05, 4.69) is 15.2 Å². The highest BCUT2D eigenvalue weighted by Gasteiger charge is 2.20. The first-order valence-corrected chi connectivity index (χ1v) is 7.45. The molecule has 0 bridgehead atoms. The molecule has 1 aliphatic rings. The first-order valence-electron chi connectivity index (χ1n) is 7.45. The molecular formula is C15H15N5O4. The second kappa shape index (κ2) is 6.49. The van der Waals surface area contributed by atoms with Crippen LogP contribution in [-0.4, -0.2) is 27.9 Å². The molecule has 0 aliphatic carbocycles. The number of hydrogen-bond donors (Lipinski definition) is 1. The van der Waals surface area contributed by atoms with Crippen LogP contribution >= 0.6 is 0 Å². The summed E-state index contributed by atoms with van der Waals surface area (Å²) in [5, 5.41) is 24.8. The second-order valence-corrected chi connectivity index (χ2v) is 5.44. The Balaban J connectivity index is 1.82. The molecule has 24 heavy (non-hydrogen) atoms. The maximum atomic E-state index is 11.1. The van der Waals surface area contributed by atoms with Crippen LogP contribution in [0, 0.1) is 20.2 Å². The molecule has 0 amide bonds. The number of rotatable bonds is 5. The van der Waals surface area contributed by atoms with Gasteiger partial charge in [0.05, 0.1) is 27.8 Å². The molecule has 0 spiro atoms. The predicted molar refractivity (Wildman–Crippen MR) is 88.7 cm³/mol. The fourth-order valence-electron chi connectivity index (χ4n) is 2.64. The molecule has 3 rings (SSSR count). The molecular weight excluding hydrogens is 314 g/mol. The topological polar surface area (TPSA) is 114 Å². The molecule has 124 valence electrons. The van der Waals surface area contributed by atoms with E-state index in [9.17, 15) is 20.2 Å². The molecule has 0 saturated carbocycles. The fourth-order valence-corrected chi connectivity index (χ4v) is 2.64. The number of pyridine rings is 1. The number of hydrogen-bond acceptors (Lipinski definition) is 7. The zero-order chi connectivity index (χ0) is 17.1. The molecule has 1 saturated heterocycles. The minimum absolute atomic E-state index is 0.182. The largest absolute Gasteiger partial charge is 0.357 e. The van der Waals surface area contributed by atoms with Crippen LogP contribution in [0.15, 0.2) is 36.5 Å². The minimum Gasteiger partial charge on any atom is -0.357 e. The smallest absolute Gasteiger partial charge is 0.299 e. The van der Waals surface area contributed by atoms with Gasteiger partial charge in [-0.1, -0.05) is 0 Å². The van der Waals surface area contributed by atoms with Crippen molar-refractivity contribution in [3.8, 4) is 0 Å². The van der Waals surface area contributed by atoms with Crippen molar-refractivity contribution in [3.05, 3.63) is 56.8 Å². The summed E-state index contributed by atoms with van der Waals surface area (Å²) in [6, 6.07) is 7.12. The maximum absolute atomic E-state index is 11.1. The molecule has 1 aliphatic heterocycles. The highest BCUT2D eigenvalue weighted by atomic mass is 16.6. The third kappa shape index (κ3) is 3.24. The van der Waals surface area contributed by atoms with Crippen molar-refractivity contribution < 1.29 is 9.85 Å². The molecule has 1 fully saturated rings. The third-order valence-corrected chi connectivity index (χ3v) is 3.85. The second-order valence-electron chi connectivity index (χ2n) is 5.44. The SMILES string of the molecule is O=[N+]([O-])c1ccc(Nc2ccc(N3CCCC3)nc2)c([N+](=O)[O-])c1. The van der Waals surface area contributed by atoms with Crippen LogP contribution in [0.1, 0.15) is 12.8 Å². The summed E-state index contributed by atoms with van der Waals surface area (Å²) >= 11 is 0. The van der Waals surface area contributed by atoms with Gasteiger partial charge in [-0.3, -0.25) is 20.2 Å². The van der Waals surface area contributed by atoms with Crippen molar-refractivity contribution in [1.29, 1.82) is 0 Å². The normalized spacial score (nSPS) is 13.8. The molecule has 2 aromatic rings. The van der Waals surface area contributed by atoms with E-state index < -0.39 is 9.85 Å². The highest BCUT2D eigenvalue weighted by Crippen LogP contribution is 2.31. The number of anilines is 3. The van der Waals surface area contributed by atoms with Crippen molar-refractivity contribution >= 4 is 28.6 Å². The first-order chi connectivity index (χ1) is 11.5. The summed E-state index contributed by atoms with van der Waals surface area (Å²) in [6.07, 6.45) is 3.89. The maximum Gasteiger partial charge on any atom is 0.299 e. The van der Waals surface area contributed by atoms with Crippen molar-refractivity contribution in [1.82, 2.24) is 4.98 Å². The number of nitrogens with zero attached hydrogens (tertiary/aromatic N) is 4. The molecule has 9 nitrogen and oxygen atoms in total. The van der Waals surface area contributed by atoms with E-state index in [0.717, 1.165) is 37.8 Å². The van der Waals surface area contributed by atoms with E-state index in [1.54, 1.807) is 12.3 Å². The Hall–Kier alpha value is -3.23. The average molecular weight is 329 g/mol. The Morgan fingerprint density at radius 1 is 1.04 bits per heavy atom. The quantitative estimate of drug-likeness (QED) is 0.661. The standard InChI is InChI=1S/C15H15N5O4/c21-19(22)12-4-5-13(14(9-12)20(23)24)17-11-3-6-15(16-10-11)18-7-1-2-8-18/h3-6,9-10,17H,1-2,7-8H2. The van der Waals surface area contributed by atoms with E-state index in [4.69, 9.17) is 0 Å². The summed E-state index contributed by atoms with van der Waals surface area (Å²) in [5.41, 5.74) is 0.0822. The summed E-state index contributed by atoms with van der Waals surface area (Å²) < 4.78 is 0. The predicted octanol–water partition coefficient (Wildman–Crippen LogP) is 3.24. The number of non-ortho nitro benzene ring substituents is 1. The summed E-state index contributed by atoms with van der Waals surface area (Å²) in [4.78, 5) is 27.1. The van der Waals surface area contributed by atoms with E-state index >= 15 is 0 Å². The molecule has 0 unspecified atom stereocenters. The van der Waals surface area contributed by atoms with E-state index in [1.807, 2.05) is 6.07 Å². The van der Waals surface area contributed by atoms with Gasteiger partial charge in [-0.25, -0.2) is 4.98 Å². The molecule has 1 N–H and O–H groups in total. The fraction of sp³-hybridized carbons (Fsp3) is 0.267. The molecule has 0 atom stereocenters. The number of nitro groups is 2. The van der Waals surface area contributed by atoms with Gasteiger partial charge >= 0.3 is 0 Å². The highest BCUT2D eigenvalue weighted by molar-refractivity contribution is 5.71. The van der Waals surface area contributed by atoms with Crippen LogP contribution in [0.5, 0.6) is 0 Å². The molecule has 9 heteroatoms. The van der Waals surface area contributed by atoms with E-state index in [-0.39, 0.29) is 17.1 Å². The van der Waals surface area contributed by atoms with Crippen molar-refractivity contribution in [2.75, 3.05) is 23.3 Å². The van der Waals surface area contributed by atoms with Crippen LogP contribution in [0.4, 0.5) is 28.6 Å². The lowest BCUT2D eigenvalue weighted by atomic mass is 10.2. The van der Waals surface area contributed by atoms with Crippen LogP contribution in [0.2, 0.25) is 0 Å². The Kier molecular flexibility index (Phi) is 4.23. The van der Waals surface area contributed by atoms with Crippen LogP contribution in [0.3, 0.4) is 0 Å². The monoisotopic (exact) mass is 329 g/mol. The Bertz CT molecular complexity index is 772. The van der Waals surface area contributed by atoms with Gasteiger partial charge in [0.1, 0.15) is 11.5 Å². The van der Waals surface area contributed by atoms with Gasteiger partial charge in [0, 0.05) is 19.2 Å². The van der Waals surface area contributed by atoms with Crippen molar-refractivity contribution in [3.63, 3.8) is 0 Å². The number of nitro benzene ring substituents is 2. The van der Waals surface area contributed by atoms with Crippen LogP contribution in [0.25, 0.3) is 0 Å². The van der Waals surface area contributed by atoms with Gasteiger partial charge in [0.2, 0.25) is 0 Å². The third-order valence-electron chi connectivity index (χ3n) is 3.85. The van der Waals surface area contributed by atoms with E-state index in [1.165, 1.54) is 12.1 Å². The van der Waals surface area contributed by atoms with Crippen LogP contribution in [-0.2, 0) is 0 Å².